The molecule has 0 radical (unpaired) electrons. The van der Waals surface area contributed by atoms with Gasteiger partial charge in [-0.2, -0.15) is 0 Å². The standard InChI is InChI=1S/C13H19NO3/c1-9-7-6-8-11(15)14(9)10(2)12(16)17-13(3,4)5/h6-8,10H,1-5H3. The van der Waals surface area contributed by atoms with E-state index < -0.39 is 17.6 Å². The Morgan fingerprint density at radius 2 is 1.94 bits per heavy atom. The van der Waals surface area contributed by atoms with Gasteiger partial charge in [-0.25, -0.2) is 4.79 Å². The number of esters is 1. The second-order valence-corrected chi connectivity index (χ2v) is 5.08. The molecule has 1 atom stereocenters. The second kappa shape index (κ2) is 4.73. The van der Waals surface area contributed by atoms with Gasteiger partial charge < -0.3 is 4.74 Å². The minimum Gasteiger partial charge on any atom is -0.458 e. The normalized spacial score (nSPS) is 13.2. The molecule has 17 heavy (non-hydrogen) atoms. The molecule has 0 aliphatic heterocycles. The molecule has 94 valence electrons. The lowest BCUT2D eigenvalue weighted by Gasteiger charge is -2.24. The molecule has 0 bridgehead atoms. The molecule has 1 unspecified atom stereocenters. The third-order valence-electron chi connectivity index (χ3n) is 2.33. The van der Waals surface area contributed by atoms with E-state index in [1.165, 1.54) is 10.6 Å². The summed E-state index contributed by atoms with van der Waals surface area (Å²) in [5, 5.41) is 0. The van der Waals surface area contributed by atoms with Gasteiger partial charge >= 0.3 is 5.97 Å². The van der Waals surface area contributed by atoms with Gasteiger partial charge in [0.25, 0.3) is 5.56 Å². The van der Waals surface area contributed by atoms with Crippen molar-refractivity contribution < 1.29 is 9.53 Å². The quantitative estimate of drug-likeness (QED) is 0.740. The first kappa shape index (κ1) is 13.5. The van der Waals surface area contributed by atoms with Gasteiger partial charge in [-0.3, -0.25) is 9.36 Å². The molecule has 1 aromatic heterocycles. The van der Waals surface area contributed by atoms with E-state index in [0.717, 1.165) is 5.69 Å². The molecule has 0 spiro atoms. The lowest BCUT2D eigenvalue weighted by atomic mass is 10.2. The highest BCUT2D eigenvalue weighted by Crippen LogP contribution is 2.14. The van der Waals surface area contributed by atoms with Crippen molar-refractivity contribution in [2.45, 2.75) is 46.3 Å². The molecule has 4 heteroatoms. The molecule has 0 amide bonds. The number of rotatable bonds is 2. The van der Waals surface area contributed by atoms with E-state index in [0.29, 0.717) is 0 Å². The molecule has 1 aromatic rings. The molecule has 0 aliphatic carbocycles. The van der Waals surface area contributed by atoms with Crippen molar-refractivity contribution in [3.05, 3.63) is 34.2 Å². The zero-order valence-corrected chi connectivity index (χ0v) is 11.0. The molecule has 0 saturated heterocycles. The van der Waals surface area contributed by atoms with Crippen molar-refractivity contribution in [2.24, 2.45) is 0 Å². The number of carbonyl (C=O) groups is 1. The van der Waals surface area contributed by atoms with Crippen molar-refractivity contribution in [3.8, 4) is 0 Å². The van der Waals surface area contributed by atoms with Gasteiger partial charge in [0.15, 0.2) is 0 Å². The zero-order valence-electron chi connectivity index (χ0n) is 11.0. The summed E-state index contributed by atoms with van der Waals surface area (Å²) in [6.07, 6.45) is 0. The van der Waals surface area contributed by atoms with Crippen LogP contribution in [0.1, 0.15) is 39.4 Å². The lowest BCUT2D eigenvalue weighted by molar-refractivity contribution is -0.158. The number of hydrogen-bond donors (Lipinski definition) is 0. The molecule has 4 nitrogen and oxygen atoms in total. The molecule has 1 heterocycles. The Bertz CT molecular complexity index is 468. The number of aromatic nitrogens is 1. The number of pyridine rings is 1. The number of aryl methyl sites for hydroxylation is 1. The molecule has 0 saturated carbocycles. The Morgan fingerprint density at radius 3 is 2.41 bits per heavy atom. The van der Waals surface area contributed by atoms with Crippen LogP contribution in [0.3, 0.4) is 0 Å². The van der Waals surface area contributed by atoms with Crippen LogP contribution in [0.25, 0.3) is 0 Å². The Hall–Kier alpha value is -1.58. The van der Waals surface area contributed by atoms with Crippen LogP contribution in [-0.4, -0.2) is 16.1 Å². The van der Waals surface area contributed by atoms with Crippen LogP contribution in [0.5, 0.6) is 0 Å². The maximum absolute atomic E-state index is 11.9. The van der Waals surface area contributed by atoms with Crippen molar-refractivity contribution in [1.82, 2.24) is 4.57 Å². The topological polar surface area (TPSA) is 48.3 Å². The lowest BCUT2D eigenvalue weighted by Crippen LogP contribution is -2.34. The van der Waals surface area contributed by atoms with Crippen LogP contribution in [-0.2, 0) is 9.53 Å². The third kappa shape index (κ3) is 3.44. The number of nitrogens with zero attached hydrogens (tertiary/aromatic N) is 1. The Labute approximate surface area is 101 Å². The largest absolute Gasteiger partial charge is 0.458 e. The second-order valence-electron chi connectivity index (χ2n) is 5.08. The van der Waals surface area contributed by atoms with Gasteiger partial charge in [0.05, 0.1) is 0 Å². The van der Waals surface area contributed by atoms with E-state index in [-0.39, 0.29) is 5.56 Å². The minimum atomic E-state index is -0.608. The van der Waals surface area contributed by atoms with Gasteiger partial charge in [0.2, 0.25) is 0 Å². The number of ether oxygens (including phenoxy) is 1. The first-order chi connectivity index (χ1) is 7.72. The fourth-order valence-electron chi connectivity index (χ4n) is 1.59. The maximum atomic E-state index is 11.9. The van der Waals surface area contributed by atoms with Crippen molar-refractivity contribution in [3.63, 3.8) is 0 Å². The van der Waals surface area contributed by atoms with E-state index in [2.05, 4.69) is 0 Å². The predicted octanol–water partition coefficient (Wildman–Crippen LogP) is 2.06. The summed E-state index contributed by atoms with van der Waals surface area (Å²) in [5.74, 6) is -0.395. The van der Waals surface area contributed by atoms with E-state index >= 15 is 0 Å². The highest BCUT2D eigenvalue weighted by Gasteiger charge is 2.24. The smallest absolute Gasteiger partial charge is 0.329 e. The van der Waals surface area contributed by atoms with Gasteiger partial charge in [-0.05, 0) is 40.7 Å². The average molecular weight is 237 g/mol. The SMILES string of the molecule is Cc1cccc(=O)n1C(C)C(=O)OC(C)(C)C. The third-order valence-corrected chi connectivity index (χ3v) is 2.33. The number of hydrogen-bond acceptors (Lipinski definition) is 3. The Balaban J connectivity index is 3.01. The van der Waals surface area contributed by atoms with Gasteiger partial charge in [-0.15, -0.1) is 0 Å². The molecular formula is C13H19NO3. The summed E-state index contributed by atoms with van der Waals surface area (Å²) in [5.41, 5.74) is 0.0108. The zero-order chi connectivity index (χ0) is 13.2. The van der Waals surface area contributed by atoms with Gasteiger partial charge in [0.1, 0.15) is 11.6 Å². The Kier molecular flexibility index (Phi) is 3.76. The number of carbonyl (C=O) groups excluding carboxylic acids is 1. The summed E-state index contributed by atoms with van der Waals surface area (Å²) in [6, 6.07) is 4.30. The van der Waals surface area contributed by atoms with Crippen molar-refractivity contribution in [2.75, 3.05) is 0 Å². The van der Waals surface area contributed by atoms with Crippen LogP contribution in [0.2, 0.25) is 0 Å². The van der Waals surface area contributed by atoms with Crippen LogP contribution >= 0.6 is 0 Å². The first-order valence-corrected chi connectivity index (χ1v) is 5.63. The van der Waals surface area contributed by atoms with Crippen molar-refractivity contribution >= 4 is 5.97 Å². The molecule has 0 N–H and O–H groups in total. The van der Waals surface area contributed by atoms with Crippen LogP contribution in [0, 0.1) is 6.92 Å². The van der Waals surface area contributed by atoms with Crippen LogP contribution in [0.15, 0.2) is 23.0 Å². The van der Waals surface area contributed by atoms with Crippen molar-refractivity contribution in [1.29, 1.82) is 0 Å². The first-order valence-electron chi connectivity index (χ1n) is 5.63. The summed E-state index contributed by atoms with van der Waals surface area (Å²) in [7, 11) is 0. The molecule has 0 fully saturated rings. The molecule has 0 aliphatic rings. The predicted molar refractivity (Wildman–Crippen MR) is 66.0 cm³/mol. The monoisotopic (exact) mass is 237 g/mol. The fraction of sp³-hybridized carbons (Fsp3) is 0.538. The molecule has 1 rings (SSSR count). The molecule has 0 aromatic carbocycles. The van der Waals surface area contributed by atoms with E-state index in [4.69, 9.17) is 4.74 Å². The Morgan fingerprint density at radius 1 is 1.35 bits per heavy atom. The van der Waals surface area contributed by atoms with E-state index in [1.807, 2.05) is 0 Å². The highest BCUT2D eigenvalue weighted by molar-refractivity contribution is 5.74. The summed E-state index contributed by atoms with van der Waals surface area (Å²) >= 11 is 0. The van der Waals surface area contributed by atoms with E-state index in [9.17, 15) is 9.59 Å². The van der Waals surface area contributed by atoms with Crippen LogP contribution in [0.4, 0.5) is 0 Å². The summed E-state index contributed by atoms with van der Waals surface area (Å²) in [6.45, 7) is 8.87. The van der Waals surface area contributed by atoms with E-state index in [1.54, 1.807) is 46.8 Å². The maximum Gasteiger partial charge on any atom is 0.329 e. The van der Waals surface area contributed by atoms with Gasteiger partial charge in [0, 0.05) is 11.8 Å². The van der Waals surface area contributed by atoms with Crippen LogP contribution < -0.4 is 5.56 Å². The minimum absolute atomic E-state index is 0.191. The fourth-order valence-corrected chi connectivity index (χ4v) is 1.59. The summed E-state index contributed by atoms with van der Waals surface area (Å²) in [4.78, 5) is 23.6. The average Bonchev–Trinajstić information content (AvgIpc) is 2.14. The molecular weight excluding hydrogens is 218 g/mol. The summed E-state index contributed by atoms with van der Waals surface area (Å²) < 4.78 is 6.70. The van der Waals surface area contributed by atoms with Gasteiger partial charge in [-0.1, -0.05) is 6.07 Å². The highest BCUT2D eigenvalue weighted by atomic mass is 16.6.